The van der Waals surface area contributed by atoms with Crippen LogP contribution in [-0.4, -0.2) is 17.2 Å². The lowest BCUT2D eigenvalue weighted by molar-refractivity contribution is -0.136. The average Bonchev–Trinajstić information content (AvgIpc) is 2.70. The van der Waals surface area contributed by atoms with Crippen LogP contribution in [0.25, 0.3) is 0 Å². The zero-order valence-electron chi connectivity index (χ0n) is 15.7. The van der Waals surface area contributed by atoms with Crippen LogP contribution in [0.15, 0.2) is 82.4 Å². The van der Waals surface area contributed by atoms with Crippen molar-refractivity contribution in [3.05, 3.63) is 105 Å². The maximum atomic E-state index is 13.0. The van der Waals surface area contributed by atoms with Crippen LogP contribution in [0.5, 0.6) is 0 Å². The number of aryl methyl sites for hydroxylation is 2. The van der Waals surface area contributed by atoms with Gasteiger partial charge in [0.05, 0.1) is 6.21 Å². The highest BCUT2D eigenvalue weighted by Crippen LogP contribution is 2.30. The van der Waals surface area contributed by atoms with Crippen LogP contribution < -0.4 is 5.43 Å². The molecule has 0 atom stereocenters. The Balaban J connectivity index is 1.91. The number of hydrogen-bond donors (Lipinski definition) is 2. The Bertz CT molecular complexity index is 933. The monoisotopic (exact) mass is 436 g/mol. The van der Waals surface area contributed by atoms with Crippen molar-refractivity contribution in [1.29, 1.82) is 0 Å². The van der Waals surface area contributed by atoms with Crippen molar-refractivity contribution in [2.75, 3.05) is 0 Å². The lowest BCUT2D eigenvalue weighted by Gasteiger charge is -2.27. The molecule has 0 bridgehead atoms. The van der Waals surface area contributed by atoms with Crippen LogP contribution >= 0.6 is 15.9 Å². The number of hydrogen-bond acceptors (Lipinski definition) is 3. The summed E-state index contributed by atoms with van der Waals surface area (Å²) < 4.78 is 0.960. The van der Waals surface area contributed by atoms with E-state index in [0.717, 1.165) is 21.2 Å². The van der Waals surface area contributed by atoms with Crippen molar-refractivity contribution in [3.63, 3.8) is 0 Å². The van der Waals surface area contributed by atoms with Crippen molar-refractivity contribution in [2.24, 2.45) is 5.10 Å². The van der Waals surface area contributed by atoms with Gasteiger partial charge in [0.15, 0.2) is 5.60 Å². The second-order valence-corrected chi connectivity index (χ2v) is 7.61. The Kier molecular flexibility index (Phi) is 6.07. The lowest BCUT2D eigenvalue weighted by Crippen LogP contribution is -2.43. The predicted octanol–water partition coefficient (Wildman–Crippen LogP) is 4.45. The number of carbonyl (C=O) groups excluding carboxylic acids is 1. The van der Waals surface area contributed by atoms with Crippen molar-refractivity contribution >= 4 is 28.1 Å². The van der Waals surface area contributed by atoms with Gasteiger partial charge in [0.2, 0.25) is 0 Å². The summed E-state index contributed by atoms with van der Waals surface area (Å²) in [6.07, 6.45) is 1.54. The van der Waals surface area contributed by atoms with E-state index in [4.69, 9.17) is 0 Å². The Morgan fingerprint density at radius 1 is 0.893 bits per heavy atom. The Hall–Kier alpha value is -2.76. The van der Waals surface area contributed by atoms with Gasteiger partial charge in [-0.05, 0) is 42.7 Å². The van der Waals surface area contributed by atoms with Gasteiger partial charge in [-0.25, -0.2) is 5.43 Å². The van der Waals surface area contributed by atoms with E-state index in [1.54, 1.807) is 24.3 Å². The van der Waals surface area contributed by atoms with Crippen molar-refractivity contribution in [2.45, 2.75) is 19.4 Å². The van der Waals surface area contributed by atoms with Crippen LogP contribution in [0.3, 0.4) is 0 Å². The topological polar surface area (TPSA) is 61.7 Å². The summed E-state index contributed by atoms with van der Waals surface area (Å²) in [4.78, 5) is 13.0. The molecule has 0 aliphatic heterocycles. The van der Waals surface area contributed by atoms with Gasteiger partial charge in [-0.3, -0.25) is 4.79 Å². The molecule has 3 aromatic carbocycles. The number of nitrogens with one attached hydrogen (secondary N) is 1. The molecule has 0 aromatic heterocycles. The number of halogens is 1. The summed E-state index contributed by atoms with van der Waals surface area (Å²) in [5.41, 5.74) is 4.52. The number of rotatable bonds is 5. The van der Waals surface area contributed by atoms with Crippen molar-refractivity contribution in [1.82, 2.24) is 5.43 Å². The van der Waals surface area contributed by atoms with Gasteiger partial charge in [0.1, 0.15) is 0 Å². The number of nitrogens with zero attached hydrogens (tertiary/aromatic N) is 1. The van der Waals surface area contributed by atoms with Crippen molar-refractivity contribution in [3.8, 4) is 0 Å². The molecule has 3 aromatic rings. The molecule has 0 fully saturated rings. The molecular weight excluding hydrogens is 416 g/mol. The molecule has 142 valence electrons. The highest BCUT2D eigenvalue weighted by molar-refractivity contribution is 9.10. The van der Waals surface area contributed by atoms with Gasteiger partial charge in [0.25, 0.3) is 5.91 Å². The Morgan fingerprint density at radius 2 is 1.36 bits per heavy atom. The zero-order valence-corrected chi connectivity index (χ0v) is 17.3. The molecule has 1 amide bonds. The predicted molar refractivity (Wildman–Crippen MR) is 115 cm³/mol. The number of carbonyl (C=O) groups is 1. The molecule has 0 saturated heterocycles. The summed E-state index contributed by atoms with van der Waals surface area (Å²) in [5, 5.41) is 15.5. The highest BCUT2D eigenvalue weighted by atomic mass is 79.9. The van der Waals surface area contributed by atoms with Crippen LogP contribution in [-0.2, 0) is 10.4 Å². The molecular formula is C23H21BrN2O2. The molecule has 0 spiro atoms. The standard InChI is InChI=1S/C23H21BrN2O2/c1-16-3-9-19(10-4-16)23(28,20-11-5-17(2)6-12-20)22(27)26-25-15-18-7-13-21(24)14-8-18/h3-15,28H,1-2H3,(H,26,27)/b25-15-. The van der Waals surface area contributed by atoms with E-state index in [9.17, 15) is 9.90 Å². The van der Waals surface area contributed by atoms with Gasteiger partial charge in [-0.1, -0.05) is 87.7 Å². The third-order valence-corrected chi connectivity index (χ3v) is 5.05. The largest absolute Gasteiger partial charge is 0.372 e. The van der Waals surface area contributed by atoms with E-state index in [0.29, 0.717) is 11.1 Å². The summed E-state index contributed by atoms with van der Waals surface area (Å²) in [6.45, 7) is 3.91. The van der Waals surface area contributed by atoms with E-state index < -0.39 is 11.5 Å². The maximum absolute atomic E-state index is 13.0. The molecule has 0 radical (unpaired) electrons. The summed E-state index contributed by atoms with van der Waals surface area (Å²) in [6, 6.07) is 22.0. The fraction of sp³-hybridized carbons (Fsp3) is 0.130. The van der Waals surface area contributed by atoms with E-state index in [1.165, 1.54) is 6.21 Å². The first-order valence-corrected chi connectivity index (χ1v) is 9.64. The number of aliphatic hydroxyl groups is 1. The summed E-state index contributed by atoms with van der Waals surface area (Å²) in [5.74, 6) is -0.617. The minimum Gasteiger partial charge on any atom is -0.372 e. The second kappa shape index (κ2) is 8.50. The Morgan fingerprint density at radius 3 is 1.82 bits per heavy atom. The molecule has 0 unspecified atom stereocenters. The number of hydrazone groups is 1. The number of amides is 1. The van der Waals surface area contributed by atoms with Gasteiger partial charge in [-0.15, -0.1) is 0 Å². The maximum Gasteiger partial charge on any atom is 0.281 e. The fourth-order valence-electron chi connectivity index (χ4n) is 2.81. The van der Waals surface area contributed by atoms with E-state index in [1.807, 2.05) is 62.4 Å². The third kappa shape index (κ3) is 4.38. The summed E-state index contributed by atoms with van der Waals surface area (Å²) in [7, 11) is 0. The summed E-state index contributed by atoms with van der Waals surface area (Å²) >= 11 is 3.38. The van der Waals surface area contributed by atoms with Gasteiger partial charge in [-0.2, -0.15) is 5.10 Å². The molecule has 0 aliphatic carbocycles. The molecule has 4 nitrogen and oxygen atoms in total. The van der Waals surface area contributed by atoms with Gasteiger partial charge >= 0.3 is 0 Å². The lowest BCUT2D eigenvalue weighted by atomic mass is 9.85. The van der Waals surface area contributed by atoms with Crippen LogP contribution in [0, 0.1) is 13.8 Å². The third-order valence-electron chi connectivity index (χ3n) is 4.52. The first-order valence-electron chi connectivity index (χ1n) is 8.85. The quantitative estimate of drug-likeness (QED) is 0.458. The molecule has 2 N–H and O–H groups in total. The SMILES string of the molecule is Cc1ccc(C(O)(C(=O)N/N=C\c2ccc(Br)cc2)c2ccc(C)cc2)cc1. The van der Waals surface area contributed by atoms with E-state index in [2.05, 4.69) is 26.5 Å². The molecule has 28 heavy (non-hydrogen) atoms. The molecule has 0 saturated carbocycles. The minimum atomic E-state index is -1.85. The highest BCUT2D eigenvalue weighted by Gasteiger charge is 2.40. The fourth-order valence-corrected chi connectivity index (χ4v) is 3.08. The zero-order chi connectivity index (χ0) is 20.1. The van der Waals surface area contributed by atoms with Gasteiger partial charge < -0.3 is 5.11 Å². The molecule has 5 heteroatoms. The minimum absolute atomic E-state index is 0.485. The van der Waals surface area contributed by atoms with Crippen LogP contribution in [0.4, 0.5) is 0 Å². The van der Waals surface area contributed by atoms with Gasteiger partial charge in [0, 0.05) is 4.47 Å². The normalized spacial score (nSPS) is 11.6. The van der Waals surface area contributed by atoms with E-state index in [-0.39, 0.29) is 0 Å². The molecule has 0 aliphatic rings. The van der Waals surface area contributed by atoms with Crippen molar-refractivity contribution < 1.29 is 9.90 Å². The number of benzene rings is 3. The van der Waals surface area contributed by atoms with E-state index >= 15 is 0 Å². The average molecular weight is 437 g/mol. The molecule has 3 rings (SSSR count). The first kappa shape index (κ1) is 20.0. The Labute approximate surface area is 173 Å². The van der Waals surface area contributed by atoms with Crippen LogP contribution in [0.2, 0.25) is 0 Å². The second-order valence-electron chi connectivity index (χ2n) is 6.69. The van der Waals surface area contributed by atoms with Crippen LogP contribution in [0.1, 0.15) is 27.8 Å². The first-order chi connectivity index (χ1) is 13.4. The molecule has 0 heterocycles. The smallest absolute Gasteiger partial charge is 0.281 e.